The fraction of sp³-hybridized carbons (Fsp3) is 0.0870. The molecule has 0 aliphatic carbocycles. The van der Waals surface area contributed by atoms with E-state index in [4.69, 9.17) is 9.47 Å². The van der Waals surface area contributed by atoms with E-state index in [-0.39, 0.29) is 5.91 Å². The largest absolute Gasteiger partial charge is 0.497 e. The van der Waals surface area contributed by atoms with Crippen LogP contribution in [-0.4, -0.2) is 25.2 Å². The quantitative estimate of drug-likeness (QED) is 0.300. The molecule has 0 aromatic heterocycles. The molecule has 0 unspecified atom stereocenters. The Hall–Kier alpha value is -3.93. The van der Waals surface area contributed by atoms with Crippen LogP contribution in [0.1, 0.15) is 31.8 Å². The molecule has 6 heteroatoms. The summed E-state index contributed by atoms with van der Waals surface area (Å²) in [5.74, 6) is 0.331. The molecule has 3 aromatic rings. The Morgan fingerprint density at radius 1 is 0.828 bits per heavy atom. The van der Waals surface area contributed by atoms with Crippen molar-refractivity contribution in [1.29, 1.82) is 0 Å². The van der Waals surface area contributed by atoms with Gasteiger partial charge in [-0.25, -0.2) is 10.2 Å². The minimum absolute atomic E-state index is 0.286. The summed E-state index contributed by atoms with van der Waals surface area (Å²) in [6, 6.07) is 20.7. The van der Waals surface area contributed by atoms with Crippen LogP contribution in [0.25, 0.3) is 0 Å². The number of methoxy groups -OCH3 is 1. The summed E-state index contributed by atoms with van der Waals surface area (Å²) in [6.07, 6.45) is 1.52. The van der Waals surface area contributed by atoms with Gasteiger partial charge in [-0.05, 0) is 73.2 Å². The molecule has 0 spiro atoms. The number of nitrogens with one attached hydrogen (secondary N) is 1. The zero-order valence-corrected chi connectivity index (χ0v) is 16.1. The minimum Gasteiger partial charge on any atom is -0.497 e. The zero-order valence-electron chi connectivity index (χ0n) is 16.1. The van der Waals surface area contributed by atoms with Gasteiger partial charge in [0, 0.05) is 5.56 Å². The van der Waals surface area contributed by atoms with Gasteiger partial charge in [0.1, 0.15) is 11.5 Å². The highest BCUT2D eigenvalue weighted by atomic mass is 16.5. The van der Waals surface area contributed by atoms with Crippen LogP contribution in [0.4, 0.5) is 0 Å². The molecule has 0 bridgehead atoms. The smallest absolute Gasteiger partial charge is 0.343 e. The number of nitrogens with zero attached hydrogens (tertiary/aromatic N) is 1. The molecule has 1 N–H and O–H groups in total. The molecule has 3 rings (SSSR count). The highest BCUT2D eigenvalue weighted by Gasteiger charge is 2.08. The van der Waals surface area contributed by atoms with Crippen molar-refractivity contribution < 1.29 is 19.1 Å². The average Bonchev–Trinajstić information content (AvgIpc) is 2.75. The van der Waals surface area contributed by atoms with E-state index in [0.717, 1.165) is 11.1 Å². The highest BCUT2D eigenvalue weighted by molar-refractivity contribution is 5.95. The first kappa shape index (κ1) is 19.8. The predicted octanol–water partition coefficient (Wildman–Crippen LogP) is 3.99. The summed E-state index contributed by atoms with van der Waals surface area (Å²) in [4.78, 5) is 24.2. The molecule has 146 valence electrons. The summed E-state index contributed by atoms with van der Waals surface area (Å²) in [5, 5.41) is 3.95. The van der Waals surface area contributed by atoms with E-state index in [1.165, 1.54) is 6.21 Å². The van der Waals surface area contributed by atoms with Crippen molar-refractivity contribution in [1.82, 2.24) is 5.43 Å². The van der Waals surface area contributed by atoms with Gasteiger partial charge in [-0.15, -0.1) is 0 Å². The lowest BCUT2D eigenvalue weighted by atomic mass is 10.1. The van der Waals surface area contributed by atoms with E-state index in [2.05, 4.69) is 10.5 Å². The lowest BCUT2D eigenvalue weighted by Crippen LogP contribution is -2.17. The molecule has 0 saturated heterocycles. The van der Waals surface area contributed by atoms with Gasteiger partial charge in [0.25, 0.3) is 5.91 Å². The molecular weight excluding hydrogens is 368 g/mol. The number of aryl methyl sites for hydroxylation is 1. The van der Waals surface area contributed by atoms with Crippen LogP contribution in [0.3, 0.4) is 0 Å². The predicted molar refractivity (Wildman–Crippen MR) is 111 cm³/mol. The Labute approximate surface area is 168 Å². The number of ether oxygens (including phenoxy) is 2. The van der Waals surface area contributed by atoms with Gasteiger partial charge >= 0.3 is 5.97 Å². The van der Waals surface area contributed by atoms with Crippen LogP contribution in [0.5, 0.6) is 11.5 Å². The third kappa shape index (κ3) is 5.52. The maximum absolute atomic E-state index is 12.2. The number of carbonyl (C=O) groups excluding carboxylic acids is 2. The number of hydrazone groups is 1. The third-order valence-corrected chi connectivity index (χ3v) is 4.11. The Morgan fingerprint density at radius 3 is 2.03 bits per heavy atom. The Bertz CT molecular complexity index is 1010. The summed E-state index contributed by atoms with van der Waals surface area (Å²) in [7, 11) is 1.56. The fourth-order valence-electron chi connectivity index (χ4n) is 2.45. The first-order valence-electron chi connectivity index (χ1n) is 8.91. The standard InChI is InChI=1S/C23H20N2O4/c1-16-3-7-18(8-4-16)22(26)25-24-15-17-5-11-21(12-6-17)29-23(27)19-9-13-20(28-2)14-10-19/h3-15H,1-2H3,(H,25,26)/b24-15-. The van der Waals surface area contributed by atoms with Crippen LogP contribution in [0.2, 0.25) is 0 Å². The lowest BCUT2D eigenvalue weighted by Gasteiger charge is -2.05. The van der Waals surface area contributed by atoms with Crippen molar-refractivity contribution >= 4 is 18.1 Å². The second-order valence-corrected chi connectivity index (χ2v) is 6.25. The Morgan fingerprint density at radius 2 is 1.41 bits per heavy atom. The summed E-state index contributed by atoms with van der Waals surface area (Å²) < 4.78 is 10.4. The molecule has 1 amide bonds. The van der Waals surface area contributed by atoms with Crippen LogP contribution >= 0.6 is 0 Å². The molecule has 0 atom stereocenters. The second-order valence-electron chi connectivity index (χ2n) is 6.25. The molecule has 0 saturated carbocycles. The number of rotatable bonds is 6. The first-order chi connectivity index (χ1) is 14.0. The van der Waals surface area contributed by atoms with E-state index in [1.807, 2.05) is 19.1 Å². The number of hydrogen-bond acceptors (Lipinski definition) is 5. The molecule has 29 heavy (non-hydrogen) atoms. The van der Waals surface area contributed by atoms with Crippen molar-refractivity contribution in [3.05, 3.63) is 95.1 Å². The van der Waals surface area contributed by atoms with E-state index >= 15 is 0 Å². The van der Waals surface area contributed by atoms with Gasteiger partial charge in [-0.2, -0.15) is 5.10 Å². The van der Waals surface area contributed by atoms with E-state index in [9.17, 15) is 9.59 Å². The molecule has 6 nitrogen and oxygen atoms in total. The zero-order chi connectivity index (χ0) is 20.6. The number of benzene rings is 3. The Kier molecular flexibility index (Phi) is 6.37. The number of esters is 1. The molecule has 0 aliphatic heterocycles. The van der Waals surface area contributed by atoms with Crippen molar-refractivity contribution in [2.24, 2.45) is 5.10 Å². The maximum atomic E-state index is 12.2. The molecule has 0 fully saturated rings. The summed E-state index contributed by atoms with van der Waals surface area (Å²) >= 11 is 0. The minimum atomic E-state index is -0.459. The van der Waals surface area contributed by atoms with Crippen molar-refractivity contribution in [3.63, 3.8) is 0 Å². The SMILES string of the molecule is COc1ccc(C(=O)Oc2ccc(/C=N\NC(=O)c3ccc(C)cc3)cc2)cc1. The fourth-order valence-corrected chi connectivity index (χ4v) is 2.45. The lowest BCUT2D eigenvalue weighted by molar-refractivity contribution is 0.0734. The van der Waals surface area contributed by atoms with Gasteiger partial charge in [-0.1, -0.05) is 17.7 Å². The number of hydrogen-bond donors (Lipinski definition) is 1. The normalized spacial score (nSPS) is 10.6. The Balaban J connectivity index is 1.55. The third-order valence-electron chi connectivity index (χ3n) is 4.11. The van der Waals surface area contributed by atoms with E-state index in [0.29, 0.717) is 22.6 Å². The average molecular weight is 388 g/mol. The molecule has 0 radical (unpaired) electrons. The second kappa shape index (κ2) is 9.32. The van der Waals surface area contributed by atoms with E-state index < -0.39 is 5.97 Å². The summed E-state index contributed by atoms with van der Waals surface area (Å²) in [6.45, 7) is 1.96. The molecule has 0 aliphatic rings. The molecular formula is C23H20N2O4. The first-order valence-corrected chi connectivity index (χ1v) is 8.91. The van der Waals surface area contributed by atoms with Gasteiger partial charge in [0.15, 0.2) is 0 Å². The van der Waals surface area contributed by atoms with Gasteiger partial charge < -0.3 is 9.47 Å². The van der Waals surface area contributed by atoms with Gasteiger partial charge in [0.2, 0.25) is 0 Å². The topological polar surface area (TPSA) is 77.0 Å². The van der Waals surface area contributed by atoms with E-state index in [1.54, 1.807) is 67.8 Å². The van der Waals surface area contributed by atoms with Gasteiger partial charge in [-0.3, -0.25) is 4.79 Å². The monoisotopic (exact) mass is 388 g/mol. The maximum Gasteiger partial charge on any atom is 0.343 e. The van der Waals surface area contributed by atoms with Crippen molar-refractivity contribution in [3.8, 4) is 11.5 Å². The van der Waals surface area contributed by atoms with Crippen LogP contribution in [0.15, 0.2) is 77.9 Å². The summed E-state index contributed by atoms with van der Waals surface area (Å²) in [5.41, 5.74) is 5.27. The van der Waals surface area contributed by atoms with Crippen molar-refractivity contribution in [2.75, 3.05) is 7.11 Å². The van der Waals surface area contributed by atoms with Crippen LogP contribution in [-0.2, 0) is 0 Å². The molecule has 0 heterocycles. The number of amides is 1. The van der Waals surface area contributed by atoms with Crippen LogP contribution < -0.4 is 14.9 Å². The molecule has 3 aromatic carbocycles. The van der Waals surface area contributed by atoms with Crippen molar-refractivity contribution in [2.45, 2.75) is 6.92 Å². The number of carbonyl (C=O) groups is 2. The van der Waals surface area contributed by atoms with Crippen LogP contribution in [0, 0.1) is 6.92 Å². The van der Waals surface area contributed by atoms with Gasteiger partial charge in [0.05, 0.1) is 18.9 Å². The highest BCUT2D eigenvalue weighted by Crippen LogP contribution is 2.16.